The molecule has 23 heavy (non-hydrogen) atoms. The first kappa shape index (κ1) is 16.4. The van der Waals surface area contributed by atoms with Crippen molar-refractivity contribution in [3.63, 3.8) is 0 Å². The van der Waals surface area contributed by atoms with Gasteiger partial charge in [0, 0.05) is 19.7 Å². The maximum absolute atomic E-state index is 13.1. The van der Waals surface area contributed by atoms with Crippen molar-refractivity contribution in [3.8, 4) is 0 Å². The minimum absolute atomic E-state index is 0.160. The van der Waals surface area contributed by atoms with Crippen LogP contribution in [0.3, 0.4) is 0 Å². The summed E-state index contributed by atoms with van der Waals surface area (Å²) in [5, 5.41) is 9.17. The van der Waals surface area contributed by atoms with Gasteiger partial charge in [-0.15, -0.1) is 0 Å². The van der Waals surface area contributed by atoms with Crippen molar-refractivity contribution in [2.24, 2.45) is 0 Å². The molecule has 1 atom stereocenters. The van der Waals surface area contributed by atoms with Crippen molar-refractivity contribution in [2.75, 3.05) is 13.7 Å². The lowest BCUT2D eigenvalue weighted by Gasteiger charge is -2.37. The SMILES string of the molecule is COCC1(S(=O)(=O)N2Cc3ccccc3C[C@H]2CC(=O)O)CC1. The van der Waals surface area contributed by atoms with Gasteiger partial charge in [-0.05, 0) is 30.4 Å². The molecule has 2 aliphatic rings. The minimum atomic E-state index is -3.61. The van der Waals surface area contributed by atoms with Crippen LogP contribution in [0.1, 0.15) is 30.4 Å². The average molecular weight is 339 g/mol. The van der Waals surface area contributed by atoms with Crippen LogP contribution in [0.4, 0.5) is 0 Å². The van der Waals surface area contributed by atoms with Crippen LogP contribution in [-0.4, -0.2) is 48.3 Å². The molecule has 0 spiro atoms. The molecule has 3 rings (SSSR count). The van der Waals surface area contributed by atoms with E-state index < -0.39 is 26.8 Å². The molecule has 0 amide bonds. The number of rotatable bonds is 6. The monoisotopic (exact) mass is 339 g/mol. The molecule has 1 fully saturated rings. The van der Waals surface area contributed by atoms with E-state index in [9.17, 15) is 18.3 Å². The first-order valence-corrected chi connectivity index (χ1v) is 9.12. The van der Waals surface area contributed by atoms with E-state index in [1.54, 1.807) is 0 Å². The third-order valence-electron chi connectivity index (χ3n) is 4.79. The summed E-state index contributed by atoms with van der Waals surface area (Å²) in [6, 6.07) is 7.08. The third kappa shape index (κ3) is 2.88. The Hall–Kier alpha value is -1.44. The van der Waals surface area contributed by atoms with E-state index in [4.69, 9.17) is 4.74 Å². The predicted octanol–water partition coefficient (Wildman–Crippen LogP) is 1.40. The molecule has 0 bridgehead atoms. The normalized spacial score (nSPS) is 23.3. The summed E-state index contributed by atoms with van der Waals surface area (Å²) in [5.41, 5.74) is 1.98. The van der Waals surface area contributed by atoms with E-state index in [1.165, 1.54) is 11.4 Å². The molecule has 1 aromatic carbocycles. The third-order valence-corrected chi connectivity index (χ3v) is 7.45. The van der Waals surface area contributed by atoms with Gasteiger partial charge in [0.15, 0.2) is 0 Å². The minimum Gasteiger partial charge on any atom is -0.481 e. The maximum Gasteiger partial charge on any atom is 0.304 e. The Bertz CT molecular complexity index is 711. The number of carboxylic acid groups (broad SMARTS) is 1. The first-order valence-electron chi connectivity index (χ1n) is 7.68. The molecule has 0 radical (unpaired) electrons. The number of benzene rings is 1. The molecule has 0 unspecified atom stereocenters. The van der Waals surface area contributed by atoms with Crippen LogP contribution in [0.5, 0.6) is 0 Å². The smallest absolute Gasteiger partial charge is 0.304 e. The Balaban J connectivity index is 1.96. The number of nitrogens with zero attached hydrogens (tertiary/aromatic N) is 1. The molecular formula is C16H21NO5S. The zero-order chi connectivity index (χ0) is 16.7. The number of carbonyl (C=O) groups is 1. The van der Waals surface area contributed by atoms with Crippen molar-refractivity contribution < 1.29 is 23.1 Å². The second kappa shape index (κ2) is 5.89. The largest absolute Gasteiger partial charge is 0.481 e. The van der Waals surface area contributed by atoms with Crippen LogP contribution in [0, 0.1) is 0 Å². The molecule has 1 N–H and O–H groups in total. The van der Waals surface area contributed by atoms with Gasteiger partial charge in [-0.1, -0.05) is 24.3 Å². The van der Waals surface area contributed by atoms with Crippen molar-refractivity contribution >= 4 is 16.0 Å². The summed E-state index contributed by atoms with van der Waals surface area (Å²) in [4.78, 5) is 11.2. The van der Waals surface area contributed by atoms with Gasteiger partial charge >= 0.3 is 5.97 Å². The molecule has 6 nitrogen and oxygen atoms in total. The number of methoxy groups -OCH3 is 1. The molecule has 1 heterocycles. The van der Waals surface area contributed by atoms with E-state index >= 15 is 0 Å². The fourth-order valence-corrected chi connectivity index (χ4v) is 5.58. The zero-order valence-electron chi connectivity index (χ0n) is 13.1. The summed E-state index contributed by atoms with van der Waals surface area (Å²) in [6.07, 6.45) is 1.39. The summed E-state index contributed by atoms with van der Waals surface area (Å²) < 4.78 is 31.9. The molecular weight excluding hydrogens is 318 g/mol. The highest BCUT2D eigenvalue weighted by Gasteiger charge is 2.58. The molecule has 1 aromatic rings. The number of carboxylic acids is 1. The summed E-state index contributed by atoms with van der Waals surface area (Å²) in [6.45, 7) is 0.398. The number of hydrogen-bond donors (Lipinski definition) is 1. The van der Waals surface area contributed by atoms with Crippen LogP contribution < -0.4 is 0 Å². The Morgan fingerprint density at radius 3 is 2.57 bits per heavy atom. The van der Waals surface area contributed by atoms with Gasteiger partial charge < -0.3 is 9.84 Å². The average Bonchev–Trinajstić information content (AvgIpc) is 3.27. The standard InChI is InChI=1S/C16H21NO5S/c1-22-11-16(6-7-16)23(20,21)17-10-13-5-3-2-4-12(13)8-14(17)9-15(18)19/h2-5,14H,6-11H2,1H3,(H,18,19)/t14-/m0/s1. The Kier molecular flexibility index (Phi) is 4.20. The predicted molar refractivity (Wildman–Crippen MR) is 84.5 cm³/mol. The molecule has 0 aromatic heterocycles. The number of aliphatic carboxylic acids is 1. The topological polar surface area (TPSA) is 83.9 Å². The van der Waals surface area contributed by atoms with Gasteiger partial charge in [0.1, 0.15) is 4.75 Å². The number of fused-ring (bicyclic) bond motifs is 1. The van der Waals surface area contributed by atoms with Crippen LogP contribution in [0.2, 0.25) is 0 Å². The van der Waals surface area contributed by atoms with Crippen molar-refractivity contribution in [1.82, 2.24) is 4.31 Å². The van der Waals surface area contributed by atoms with Gasteiger partial charge in [0.2, 0.25) is 10.0 Å². The highest BCUT2D eigenvalue weighted by molar-refractivity contribution is 7.90. The van der Waals surface area contributed by atoms with Gasteiger partial charge in [-0.2, -0.15) is 4.31 Å². The van der Waals surface area contributed by atoms with Crippen LogP contribution in [0.25, 0.3) is 0 Å². The van der Waals surface area contributed by atoms with Crippen LogP contribution in [-0.2, 0) is 32.5 Å². The van der Waals surface area contributed by atoms with E-state index in [2.05, 4.69) is 0 Å². The molecule has 1 saturated carbocycles. The van der Waals surface area contributed by atoms with Gasteiger partial charge in [0.25, 0.3) is 0 Å². The van der Waals surface area contributed by atoms with Gasteiger partial charge in [-0.25, -0.2) is 8.42 Å². The number of ether oxygens (including phenoxy) is 1. The van der Waals surface area contributed by atoms with Gasteiger partial charge in [0.05, 0.1) is 13.0 Å². The first-order chi connectivity index (χ1) is 10.9. The lowest BCUT2D eigenvalue weighted by molar-refractivity contribution is -0.138. The Labute approximate surface area is 136 Å². The molecule has 0 saturated heterocycles. The number of hydrogen-bond acceptors (Lipinski definition) is 4. The Morgan fingerprint density at radius 2 is 2.00 bits per heavy atom. The highest BCUT2D eigenvalue weighted by Crippen LogP contribution is 2.47. The van der Waals surface area contributed by atoms with Gasteiger partial charge in [-0.3, -0.25) is 4.79 Å². The maximum atomic E-state index is 13.1. The zero-order valence-corrected chi connectivity index (χ0v) is 13.9. The van der Waals surface area contributed by atoms with E-state index in [-0.39, 0.29) is 19.6 Å². The molecule has 7 heteroatoms. The van der Waals surface area contributed by atoms with Crippen molar-refractivity contribution in [2.45, 2.75) is 43.0 Å². The Morgan fingerprint density at radius 1 is 1.35 bits per heavy atom. The van der Waals surface area contributed by atoms with Crippen LogP contribution in [0.15, 0.2) is 24.3 Å². The summed E-state index contributed by atoms with van der Waals surface area (Å²) in [5.74, 6) is -0.980. The molecule has 1 aliphatic heterocycles. The molecule has 126 valence electrons. The van der Waals surface area contributed by atoms with Crippen molar-refractivity contribution in [1.29, 1.82) is 0 Å². The fourth-order valence-electron chi connectivity index (χ4n) is 3.35. The number of sulfonamides is 1. The molecule has 1 aliphatic carbocycles. The van der Waals surface area contributed by atoms with Crippen LogP contribution >= 0.6 is 0 Å². The van der Waals surface area contributed by atoms with E-state index in [0.717, 1.165) is 11.1 Å². The van der Waals surface area contributed by atoms with Crippen molar-refractivity contribution in [3.05, 3.63) is 35.4 Å². The highest BCUT2D eigenvalue weighted by atomic mass is 32.2. The lowest BCUT2D eigenvalue weighted by atomic mass is 9.94. The summed E-state index contributed by atoms with van der Waals surface area (Å²) >= 11 is 0. The summed E-state index contributed by atoms with van der Waals surface area (Å²) in [7, 11) is -2.11. The van der Waals surface area contributed by atoms with E-state index in [1.807, 2.05) is 24.3 Å². The van der Waals surface area contributed by atoms with E-state index in [0.29, 0.717) is 19.3 Å². The fraction of sp³-hybridized carbons (Fsp3) is 0.562. The lowest BCUT2D eigenvalue weighted by Crippen LogP contribution is -2.50. The second-order valence-corrected chi connectivity index (χ2v) is 8.68. The second-order valence-electron chi connectivity index (χ2n) is 6.39. The quantitative estimate of drug-likeness (QED) is 0.847.